The molecule has 2 fully saturated rings. The average Bonchev–Trinajstić information content (AvgIpc) is 2.65. The summed E-state index contributed by atoms with van der Waals surface area (Å²) in [5.41, 5.74) is 0. The minimum absolute atomic E-state index is 0.133. The molecule has 1 heterocycles. The number of sulfonamides is 1. The van der Waals surface area contributed by atoms with Crippen molar-refractivity contribution in [3.63, 3.8) is 0 Å². The fourth-order valence-corrected chi connectivity index (χ4v) is 5.63. The van der Waals surface area contributed by atoms with Crippen molar-refractivity contribution in [2.45, 2.75) is 64.0 Å². The third kappa shape index (κ3) is 2.70. The topological polar surface area (TPSA) is 61.2 Å². The molecule has 4 nitrogen and oxygen atoms in total. The van der Waals surface area contributed by atoms with Crippen molar-refractivity contribution in [2.24, 2.45) is 5.92 Å². The molecule has 0 bridgehead atoms. The van der Waals surface area contributed by atoms with Gasteiger partial charge in [0.25, 0.3) is 0 Å². The lowest BCUT2D eigenvalue weighted by Gasteiger charge is -2.32. The van der Waals surface area contributed by atoms with Crippen LogP contribution in [-0.2, 0) is 10.0 Å². The van der Waals surface area contributed by atoms with Crippen molar-refractivity contribution in [3.05, 3.63) is 0 Å². The molecule has 3 atom stereocenters. The highest BCUT2D eigenvalue weighted by molar-refractivity contribution is 7.89. The number of rotatable bonds is 4. The van der Waals surface area contributed by atoms with Crippen molar-refractivity contribution in [3.8, 4) is 6.07 Å². The van der Waals surface area contributed by atoms with Crippen LogP contribution in [0.3, 0.4) is 0 Å². The second-order valence-electron chi connectivity index (χ2n) is 5.60. The van der Waals surface area contributed by atoms with Gasteiger partial charge in [-0.2, -0.15) is 9.57 Å². The molecule has 5 heteroatoms. The number of nitrogens with zero attached hydrogens (tertiary/aromatic N) is 2. The van der Waals surface area contributed by atoms with E-state index in [0.717, 1.165) is 19.3 Å². The molecule has 18 heavy (non-hydrogen) atoms. The van der Waals surface area contributed by atoms with Gasteiger partial charge in [0.2, 0.25) is 10.0 Å². The zero-order valence-corrected chi connectivity index (χ0v) is 11.8. The van der Waals surface area contributed by atoms with Gasteiger partial charge >= 0.3 is 0 Å². The summed E-state index contributed by atoms with van der Waals surface area (Å²) in [7, 11) is -3.17. The molecule has 0 amide bonds. The van der Waals surface area contributed by atoms with Gasteiger partial charge in [-0.15, -0.1) is 0 Å². The second kappa shape index (κ2) is 5.58. The highest BCUT2D eigenvalue weighted by atomic mass is 32.2. The number of nitriles is 1. The van der Waals surface area contributed by atoms with E-state index < -0.39 is 10.0 Å². The minimum Gasteiger partial charge on any atom is -0.212 e. The first-order valence-corrected chi connectivity index (χ1v) is 8.55. The van der Waals surface area contributed by atoms with Gasteiger partial charge in [-0.1, -0.05) is 12.8 Å². The highest BCUT2D eigenvalue weighted by Crippen LogP contribution is 2.41. The molecular formula is C13H22N2O2S. The number of hydrogen-bond donors (Lipinski definition) is 0. The van der Waals surface area contributed by atoms with E-state index in [1.807, 2.05) is 13.0 Å². The SMILES string of the molecule is CC1CC2CCCCC2N1S(=O)(=O)CCCC#N. The van der Waals surface area contributed by atoms with Gasteiger partial charge < -0.3 is 0 Å². The summed E-state index contributed by atoms with van der Waals surface area (Å²) in [6.45, 7) is 2.03. The van der Waals surface area contributed by atoms with E-state index in [-0.39, 0.29) is 17.8 Å². The Bertz CT molecular complexity index is 427. The Morgan fingerprint density at radius 2 is 2.06 bits per heavy atom. The third-order valence-electron chi connectivity index (χ3n) is 4.29. The minimum atomic E-state index is -3.17. The monoisotopic (exact) mass is 270 g/mol. The molecule has 0 spiro atoms. The summed E-state index contributed by atoms with van der Waals surface area (Å²) in [5, 5.41) is 8.51. The van der Waals surface area contributed by atoms with Crippen LogP contribution in [0.5, 0.6) is 0 Å². The molecule has 1 saturated carbocycles. The molecular weight excluding hydrogens is 248 g/mol. The van der Waals surface area contributed by atoms with Crippen molar-refractivity contribution >= 4 is 10.0 Å². The van der Waals surface area contributed by atoms with E-state index in [1.165, 1.54) is 12.8 Å². The maximum absolute atomic E-state index is 12.4. The Morgan fingerprint density at radius 1 is 1.33 bits per heavy atom. The summed E-state index contributed by atoms with van der Waals surface area (Å²) in [6.07, 6.45) is 6.40. The first-order valence-electron chi connectivity index (χ1n) is 6.94. The number of hydrogen-bond acceptors (Lipinski definition) is 3. The van der Waals surface area contributed by atoms with Crippen LogP contribution < -0.4 is 0 Å². The van der Waals surface area contributed by atoms with Crippen molar-refractivity contribution in [1.82, 2.24) is 4.31 Å². The zero-order chi connectivity index (χ0) is 13.2. The summed E-state index contributed by atoms with van der Waals surface area (Å²) in [5.74, 6) is 0.702. The fraction of sp³-hybridized carbons (Fsp3) is 0.923. The first kappa shape index (κ1) is 13.8. The lowest BCUT2D eigenvalue weighted by Crippen LogP contribution is -2.43. The van der Waals surface area contributed by atoms with E-state index in [2.05, 4.69) is 0 Å². The molecule has 0 aromatic heterocycles. The standard InChI is InChI=1S/C13H22N2O2S/c1-11-10-12-6-2-3-7-13(12)15(11)18(16,17)9-5-4-8-14/h11-13H,2-7,9-10H2,1H3. The van der Waals surface area contributed by atoms with E-state index in [9.17, 15) is 8.42 Å². The maximum atomic E-state index is 12.4. The van der Waals surface area contributed by atoms with Gasteiger partial charge in [0.1, 0.15) is 0 Å². The first-order chi connectivity index (χ1) is 8.56. The Morgan fingerprint density at radius 3 is 2.78 bits per heavy atom. The Hall–Kier alpha value is -0.600. The van der Waals surface area contributed by atoms with Crippen LogP contribution in [0.1, 0.15) is 51.9 Å². The van der Waals surface area contributed by atoms with E-state index in [1.54, 1.807) is 4.31 Å². The molecule has 0 N–H and O–H groups in total. The summed E-state index contributed by atoms with van der Waals surface area (Å²) >= 11 is 0. The zero-order valence-electron chi connectivity index (χ0n) is 11.0. The van der Waals surface area contributed by atoms with Gasteiger partial charge in [0.05, 0.1) is 11.8 Å². The second-order valence-corrected chi connectivity index (χ2v) is 7.60. The summed E-state index contributed by atoms with van der Waals surface area (Å²) in [4.78, 5) is 0. The third-order valence-corrected chi connectivity index (χ3v) is 6.36. The van der Waals surface area contributed by atoms with E-state index >= 15 is 0 Å². The largest absolute Gasteiger partial charge is 0.214 e. The predicted octanol–water partition coefficient (Wildman–Crippen LogP) is 2.27. The molecule has 0 aromatic carbocycles. The molecule has 1 saturated heterocycles. The quantitative estimate of drug-likeness (QED) is 0.736. The van der Waals surface area contributed by atoms with Crippen LogP contribution in [0.2, 0.25) is 0 Å². The van der Waals surface area contributed by atoms with Crippen LogP contribution >= 0.6 is 0 Å². The van der Waals surface area contributed by atoms with E-state index in [0.29, 0.717) is 18.8 Å². The maximum Gasteiger partial charge on any atom is 0.214 e. The van der Waals surface area contributed by atoms with Gasteiger partial charge in [-0.3, -0.25) is 0 Å². The van der Waals surface area contributed by atoms with Crippen LogP contribution in [0.4, 0.5) is 0 Å². The van der Waals surface area contributed by atoms with Crippen LogP contribution in [0.15, 0.2) is 0 Å². The molecule has 2 rings (SSSR count). The van der Waals surface area contributed by atoms with Gasteiger partial charge in [0.15, 0.2) is 0 Å². The average molecular weight is 270 g/mol. The molecule has 3 unspecified atom stereocenters. The molecule has 0 aromatic rings. The highest BCUT2D eigenvalue weighted by Gasteiger charge is 2.45. The number of unbranched alkanes of at least 4 members (excludes halogenated alkanes) is 1. The van der Waals surface area contributed by atoms with Crippen LogP contribution in [0, 0.1) is 17.2 Å². The summed E-state index contributed by atoms with van der Waals surface area (Å²) < 4.78 is 26.6. The predicted molar refractivity (Wildman–Crippen MR) is 70.3 cm³/mol. The van der Waals surface area contributed by atoms with Crippen LogP contribution in [0.25, 0.3) is 0 Å². The molecule has 1 aliphatic heterocycles. The Labute approximate surface area is 110 Å². The molecule has 102 valence electrons. The molecule has 1 aliphatic carbocycles. The van der Waals surface area contributed by atoms with Gasteiger partial charge in [0, 0.05) is 18.5 Å². The van der Waals surface area contributed by atoms with Crippen molar-refractivity contribution < 1.29 is 8.42 Å². The number of fused-ring (bicyclic) bond motifs is 1. The van der Waals surface area contributed by atoms with Gasteiger partial charge in [-0.25, -0.2) is 8.42 Å². The summed E-state index contributed by atoms with van der Waals surface area (Å²) in [6, 6.07) is 2.40. The Balaban J connectivity index is 2.08. The van der Waals surface area contributed by atoms with Crippen LogP contribution in [-0.4, -0.2) is 30.6 Å². The lowest BCUT2D eigenvalue weighted by molar-refractivity contribution is 0.248. The van der Waals surface area contributed by atoms with E-state index in [4.69, 9.17) is 5.26 Å². The fourth-order valence-electron chi connectivity index (χ4n) is 3.59. The molecule has 0 radical (unpaired) electrons. The van der Waals surface area contributed by atoms with Gasteiger partial charge in [-0.05, 0) is 38.5 Å². The molecule has 2 aliphatic rings. The normalized spacial score (nSPS) is 33.0. The smallest absolute Gasteiger partial charge is 0.212 e. The van der Waals surface area contributed by atoms with Crippen molar-refractivity contribution in [2.75, 3.05) is 5.75 Å². The van der Waals surface area contributed by atoms with Crippen molar-refractivity contribution in [1.29, 1.82) is 5.26 Å². The Kier molecular flexibility index (Phi) is 4.29. The lowest BCUT2D eigenvalue weighted by atomic mass is 9.85.